The minimum absolute atomic E-state index is 0.0127. The first kappa shape index (κ1) is 28.8. The fraction of sp³-hybridized carbons (Fsp3) is 0.355. The first-order valence-electron chi connectivity index (χ1n) is 14.2. The van der Waals surface area contributed by atoms with E-state index in [0.29, 0.717) is 37.6 Å². The van der Waals surface area contributed by atoms with Crippen molar-refractivity contribution < 1.29 is 32.6 Å². The number of aromatic nitrogens is 1. The van der Waals surface area contributed by atoms with E-state index in [4.69, 9.17) is 21.1 Å². The molecule has 0 bridgehead atoms. The number of rotatable bonds is 4. The molecular formula is C31H28ClF2N5O5. The Morgan fingerprint density at radius 3 is 2.50 bits per heavy atom. The molecule has 3 N–H and O–H groups in total. The standard InChI is InChI=1S/C31H28ClF2N5O5/c32-23-8-18-11-30(22-2-1-3-35-27(22)38-28(30)41)12-19(18)9-24(23)37-26(40)14-39-25(17-6-20(33)10-21(34)7-17)13-36-31(29(39)42)15-43-4-5-44-16-31/h1-3,6-10,25,36H,4-5,11-16H2,(H,37,40)(H,35,38,41). The van der Waals surface area contributed by atoms with Crippen molar-refractivity contribution >= 4 is 40.8 Å². The number of carbonyl (C=O) groups excluding carboxylic acids is 3. The molecule has 7 rings (SSSR count). The average Bonchev–Trinajstić information content (AvgIpc) is 3.36. The summed E-state index contributed by atoms with van der Waals surface area (Å²) in [7, 11) is 0. The number of fused-ring (bicyclic) bond motifs is 3. The number of amides is 3. The largest absolute Gasteiger partial charge is 0.376 e. The lowest BCUT2D eigenvalue weighted by Gasteiger charge is -2.45. The van der Waals surface area contributed by atoms with Gasteiger partial charge >= 0.3 is 0 Å². The topological polar surface area (TPSA) is 122 Å². The van der Waals surface area contributed by atoms with E-state index in [1.54, 1.807) is 24.4 Å². The lowest BCUT2D eigenvalue weighted by atomic mass is 9.79. The van der Waals surface area contributed by atoms with Crippen LogP contribution >= 0.6 is 11.6 Å². The Balaban J connectivity index is 1.15. The van der Waals surface area contributed by atoms with Crippen LogP contribution in [-0.4, -0.2) is 72.7 Å². The van der Waals surface area contributed by atoms with Gasteiger partial charge in [-0.15, -0.1) is 0 Å². The summed E-state index contributed by atoms with van der Waals surface area (Å²) in [5, 5.41) is 9.11. The maximum atomic E-state index is 14.2. The van der Waals surface area contributed by atoms with Gasteiger partial charge in [-0.2, -0.15) is 0 Å². The highest BCUT2D eigenvalue weighted by molar-refractivity contribution is 6.34. The smallest absolute Gasteiger partial charge is 0.248 e. The third-order valence-corrected chi connectivity index (χ3v) is 9.18. The van der Waals surface area contributed by atoms with Gasteiger partial charge < -0.3 is 25.0 Å². The summed E-state index contributed by atoms with van der Waals surface area (Å²) in [4.78, 5) is 46.2. The van der Waals surface area contributed by atoms with Crippen molar-refractivity contribution in [3.05, 3.63) is 87.6 Å². The molecule has 13 heteroatoms. The van der Waals surface area contributed by atoms with Crippen LogP contribution in [0.5, 0.6) is 0 Å². The minimum Gasteiger partial charge on any atom is -0.376 e. The Morgan fingerprint density at radius 1 is 1.07 bits per heavy atom. The second-order valence-electron chi connectivity index (χ2n) is 11.7. The van der Waals surface area contributed by atoms with Crippen LogP contribution in [-0.2, 0) is 42.1 Å². The SMILES string of the molecule is O=C(CN1C(=O)C2(COCCOC2)NCC1c1cc(F)cc(F)c1)Nc1cc2c(cc1Cl)CC1(C2)C(=O)Nc2ncccc21. The zero-order valence-corrected chi connectivity index (χ0v) is 24.2. The molecule has 2 spiro atoms. The maximum absolute atomic E-state index is 14.2. The lowest BCUT2D eigenvalue weighted by Crippen LogP contribution is -2.69. The van der Waals surface area contributed by atoms with E-state index in [0.717, 1.165) is 34.9 Å². The van der Waals surface area contributed by atoms with Crippen LogP contribution < -0.4 is 16.0 Å². The highest BCUT2D eigenvalue weighted by Crippen LogP contribution is 2.48. The molecule has 2 saturated heterocycles. The van der Waals surface area contributed by atoms with E-state index < -0.39 is 47.0 Å². The zero-order chi connectivity index (χ0) is 30.6. The number of hydrogen-bond acceptors (Lipinski definition) is 7. The molecule has 228 valence electrons. The molecule has 10 nitrogen and oxygen atoms in total. The molecule has 3 amide bonds. The van der Waals surface area contributed by atoms with Crippen LogP contribution in [0.2, 0.25) is 5.02 Å². The third-order valence-electron chi connectivity index (χ3n) is 8.87. The Morgan fingerprint density at radius 2 is 1.77 bits per heavy atom. The predicted molar refractivity (Wildman–Crippen MR) is 155 cm³/mol. The molecule has 2 aromatic carbocycles. The Bertz CT molecular complexity index is 1680. The summed E-state index contributed by atoms with van der Waals surface area (Å²) in [5.74, 6) is -2.24. The molecule has 0 radical (unpaired) electrons. The van der Waals surface area contributed by atoms with Crippen molar-refractivity contribution in [2.45, 2.75) is 29.8 Å². The fourth-order valence-corrected chi connectivity index (χ4v) is 6.99. The summed E-state index contributed by atoms with van der Waals surface area (Å²) in [6.07, 6.45) is 2.47. The molecule has 1 aliphatic carbocycles. The first-order chi connectivity index (χ1) is 21.2. The van der Waals surface area contributed by atoms with Crippen molar-refractivity contribution in [1.82, 2.24) is 15.2 Å². The number of benzene rings is 2. The van der Waals surface area contributed by atoms with Crippen LogP contribution in [0, 0.1) is 11.6 Å². The van der Waals surface area contributed by atoms with Crippen LogP contribution in [0.25, 0.3) is 0 Å². The number of ether oxygens (including phenoxy) is 2. The van der Waals surface area contributed by atoms with Crippen molar-refractivity contribution in [2.24, 2.45) is 0 Å². The normalized spacial score (nSPS) is 23.8. The molecule has 1 aromatic heterocycles. The Hall–Kier alpha value is -3.97. The number of hydrogen-bond donors (Lipinski definition) is 3. The van der Waals surface area contributed by atoms with Crippen LogP contribution in [0.1, 0.15) is 28.3 Å². The summed E-state index contributed by atoms with van der Waals surface area (Å²) >= 11 is 6.61. The number of nitrogens with one attached hydrogen (secondary N) is 3. The summed E-state index contributed by atoms with van der Waals surface area (Å²) in [5.41, 5.74) is 1.02. The van der Waals surface area contributed by atoms with E-state index in [2.05, 4.69) is 20.9 Å². The highest BCUT2D eigenvalue weighted by Gasteiger charge is 2.52. The average molecular weight is 624 g/mol. The van der Waals surface area contributed by atoms with Crippen LogP contribution in [0.15, 0.2) is 48.7 Å². The third kappa shape index (κ3) is 4.82. The van der Waals surface area contributed by atoms with Crippen LogP contribution in [0.4, 0.5) is 20.3 Å². The van der Waals surface area contributed by atoms with E-state index in [-0.39, 0.29) is 36.3 Å². The van der Waals surface area contributed by atoms with Gasteiger partial charge in [0, 0.05) is 24.4 Å². The number of carbonyl (C=O) groups is 3. The number of nitrogens with zero attached hydrogens (tertiary/aromatic N) is 2. The second kappa shape index (κ2) is 10.9. The summed E-state index contributed by atoms with van der Waals surface area (Å²) < 4.78 is 39.6. The van der Waals surface area contributed by atoms with Gasteiger partial charge in [-0.25, -0.2) is 13.8 Å². The van der Waals surface area contributed by atoms with Gasteiger partial charge in [0.15, 0.2) is 0 Å². The van der Waals surface area contributed by atoms with Gasteiger partial charge in [-0.1, -0.05) is 17.7 Å². The fourth-order valence-electron chi connectivity index (χ4n) is 6.75. The lowest BCUT2D eigenvalue weighted by molar-refractivity contribution is -0.151. The van der Waals surface area contributed by atoms with Crippen molar-refractivity contribution in [2.75, 3.05) is 50.2 Å². The highest BCUT2D eigenvalue weighted by atomic mass is 35.5. The van der Waals surface area contributed by atoms with E-state index in [9.17, 15) is 23.2 Å². The monoisotopic (exact) mass is 623 g/mol. The van der Waals surface area contributed by atoms with Crippen molar-refractivity contribution in [1.29, 1.82) is 0 Å². The Kier molecular flexibility index (Phi) is 7.12. The van der Waals surface area contributed by atoms with Crippen LogP contribution in [0.3, 0.4) is 0 Å². The van der Waals surface area contributed by atoms with Gasteiger partial charge in [0.1, 0.15) is 29.5 Å². The number of pyridine rings is 1. The molecule has 4 heterocycles. The maximum Gasteiger partial charge on any atom is 0.248 e. The minimum atomic E-state index is -1.26. The molecule has 0 saturated carbocycles. The molecule has 2 unspecified atom stereocenters. The van der Waals surface area contributed by atoms with Gasteiger partial charge in [0.2, 0.25) is 17.7 Å². The van der Waals surface area contributed by atoms with Crippen molar-refractivity contribution in [3.8, 4) is 0 Å². The number of halogens is 3. The van der Waals surface area contributed by atoms with E-state index in [1.165, 1.54) is 4.90 Å². The van der Waals surface area contributed by atoms with Gasteiger partial charge in [0.05, 0.1) is 48.6 Å². The molecule has 3 aliphatic heterocycles. The van der Waals surface area contributed by atoms with Gasteiger partial charge in [-0.05, 0) is 59.9 Å². The van der Waals surface area contributed by atoms with Gasteiger partial charge in [-0.3, -0.25) is 19.7 Å². The Labute approximate surface area is 256 Å². The van der Waals surface area contributed by atoms with E-state index >= 15 is 0 Å². The quantitative estimate of drug-likeness (QED) is 0.409. The molecule has 2 fully saturated rings. The summed E-state index contributed by atoms with van der Waals surface area (Å²) in [6, 6.07) is 9.36. The predicted octanol–water partition coefficient (Wildman–Crippen LogP) is 2.90. The summed E-state index contributed by atoms with van der Waals surface area (Å²) in [6.45, 7) is 0.311. The number of anilines is 2. The molecular weight excluding hydrogens is 596 g/mol. The van der Waals surface area contributed by atoms with Gasteiger partial charge in [0.25, 0.3) is 0 Å². The van der Waals surface area contributed by atoms with Crippen molar-refractivity contribution in [3.63, 3.8) is 0 Å². The number of piperazine rings is 1. The zero-order valence-electron chi connectivity index (χ0n) is 23.4. The first-order valence-corrected chi connectivity index (χ1v) is 14.6. The molecule has 4 aliphatic rings. The second-order valence-corrected chi connectivity index (χ2v) is 12.1. The molecule has 3 aromatic rings. The molecule has 2 atom stereocenters. The molecule has 44 heavy (non-hydrogen) atoms. The van der Waals surface area contributed by atoms with E-state index in [1.807, 2.05) is 6.07 Å².